The molecule has 1 aliphatic heterocycles. The molecular weight excluding hydrogens is 472 g/mol. The van der Waals surface area contributed by atoms with E-state index in [-0.39, 0.29) is 24.3 Å². The molecule has 3 aromatic rings. The highest BCUT2D eigenvalue weighted by atomic mass is 32.1. The molecule has 2 aromatic carbocycles. The van der Waals surface area contributed by atoms with Crippen molar-refractivity contribution in [3.8, 4) is 5.75 Å². The lowest BCUT2D eigenvalue weighted by molar-refractivity contribution is -0.147. The van der Waals surface area contributed by atoms with E-state index in [0.29, 0.717) is 10.4 Å². The van der Waals surface area contributed by atoms with Crippen LogP contribution in [0.3, 0.4) is 0 Å². The van der Waals surface area contributed by atoms with Gasteiger partial charge in [0, 0.05) is 17.5 Å². The Kier molecular flexibility index (Phi) is 7.32. The van der Waals surface area contributed by atoms with E-state index >= 15 is 0 Å². The largest absolute Gasteiger partial charge is 0.457 e. The summed E-state index contributed by atoms with van der Waals surface area (Å²) < 4.78 is 10.4. The molecule has 1 N–H and O–H groups in total. The zero-order valence-corrected chi connectivity index (χ0v) is 19.2. The van der Waals surface area contributed by atoms with Crippen molar-refractivity contribution in [1.82, 2.24) is 10.4 Å². The number of carbonyl (C=O) groups excluding carboxylic acids is 5. The van der Waals surface area contributed by atoms with Gasteiger partial charge >= 0.3 is 11.9 Å². The molecule has 0 bridgehead atoms. The van der Waals surface area contributed by atoms with Crippen molar-refractivity contribution in [2.75, 3.05) is 13.2 Å². The lowest BCUT2D eigenvalue weighted by atomic mass is 10.1. The van der Waals surface area contributed by atoms with Crippen molar-refractivity contribution < 1.29 is 33.4 Å². The zero-order chi connectivity index (χ0) is 24.8. The Labute approximate surface area is 204 Å². The Hall–Kier alpha value is -4.31. The van der Waals surface area contributed by atoms with E-state index in [1.807, 2.05) is 0 Å². The van der Waals surface area contributed by atoms with Gasteiger partial charge in [0.05, 0.1) is 12.5 Å². The zero-order valence-electron chi connectivity index (χ0n) is 18.3. The summed E-state index contributed by atoms with van der Waals surface area (Å²) in [6.07, 6.45) is -0.133. The van der Waals surface area contributed by atoms with Crippen molar-refractivity contribution in [2.45, 2.75) is 6.42 Å². The first-order valence-corrected chi connectivity index (χ1v) is 11.5. The lowest BCUT2D eigenvalue weighted by Gasteiger charge is -2.17. The summed E-state index contributed by atoms with van der Waals surface area (Å²) in [5, 5.41) is 2.85. The molecule has 0 saturated carbocycles. The fourth-order valence-electron chi connectivity index (χ4n) is 3.35. The van der Waals surface area contributed by atoms with E-state index in [1.54, 1.807) is 47.8 Å². The first-order valence-electron chi connectivity index (χ1n) is 10.6. The number of amides is 2. The molecule has 0 spiro atoms. The minimum absolute atomic E-state index is 0.0469. The van der Waals surface area contributed by atoms with Gasteiger partial charge in [-0.1, -0.05) is 24.3 Å². The van der Waals surface area contributed by atoms with Crippen LogP contribution >= 0.6 is 11.3 Å². The van der Waals surface area contributed by atoms with E-state index in [9.17, 15) is 24.0 Å². The number of nitrogens with one attached hydrogen (secondary N) is 1. The second kappa shape index (κ2) is 10.7. The van der Waals surface area contributed by atoms with Gasteiger partial charge in [-0.05, 0) is 47.8 Å². The van der Waals surface area contributed by atoms with Crippen molar-refractivity contribution in [2.24, 2.45) is 5.92 Å². The first kappa shape index (κ1) is 23.8. The van der Waals surface area contributed by atoms with Gasteiger partial charge in [-0.2, -0.15) is 0 Å². The summed E-state index contributed by atoms with van der Waals surface area (Å²) in [4.78, 5) is 61.7. The molecule has 1 saturated heterocycles. The molecule has 1 aliphatic rings. The number of hydrogen-bond donors (Lipinski definition) is 1. The number of rotatable bonds is 8. The summed E-state index contributed by atoms with van der Waals surface area (Å²) in [6.45, 7) is -0.553. The molecule has 4 rings (SSSR count). The van der Waals surface area contributed by atoms with Crippen molar-refractivity contribution in [3.05, 3.63) is 88.1 Å². The Bertz CT molecular complexity index is 1240. The van der Waals surface area contributed by atoms with Gasteiger partial charge in [0.2, 0.25) is 5.91 Å². The maximum Gasteiger partial charge on any atom is 0.353 e. The molecule has 10 heteroatoms. The topological polar surface area (TPSA) is 119 Å². The number of ketones is 1. The number of carbonyl (C=O) groups is 5. The molecule has 35 heavy (non-hydrogen) atoms. The number of ether oxygens (including phenoxy) is 2. The van der Waals surface area contributed by atoms with Crippen LogP contribution in [-0.2, 0) is 14.3 Å². The highest BCUT2D eigenvalue weighted by molar-refractivity contribution is 7.12. The maximum absolute atomic E-state index is 12.4. The number of benzene rings is 2. The smallest absolute Gasteiger partial charge is 0.353 e. The molecule has 9 nitrogen and oxygen atoms in total. The molecule has 0 unspecified atom stereocenters. The van der Waals surface area contributed by atoms with Crippen LogP contribution in [0.5, 0.6) is 5.75 Å². The third-order valence-corrected chi connectivity index (χ3v) is 6.04. The highest BCUT2D eigenvalue weighted by Gasteiger charge is 2.36. The van der Waals surface area contributed by atoms with Crippen LogP contribution in [0.25, 0.3) is 0 Å². The van der Waals surface area contributed by atoms with Crippen LogP contribution in [0.4, 0.5) is 0 Å². The van der Waals surface area contributed by atoms with Gasteiger partial charge in [0.25, 0.3) is 5.91 Å². The second-order valence-corrected chi connectivity index (χ2v) is 8.58. The van der Waals surface area contributed by atoms with Gasteiger partial charge in [-0.3, -0.25) is 29.6 Å². The molecule has 0 aliphatic carbocycles. The fourth-order valence-corrected chi connectivity index (χ4v) is 3.95. The van der Waals surface area contributed by atoms with Crippen molar-refractivity contribution in [3.63, 3.8) is 0 Å². The predicted molar refractivity (Wildman–Crippen MR) is 125 cm³/mol. The van der Waals surface area contributed by atoms with Gasteiger partial charge in [0.1, 0.15) is 10.6 Å². The van der Waals surface area contributed by atoms with Crippen molar-refractivity contribution >= 4 is 40.9 Å². The lowest BCUT2D eigenvalue weighted by Crippen LogP contribution is -2.43. The average molecular weight is 493 g/mol. The quantitative estimate of drug-likeness (QED) is 0.292. The summed E-state index contributed by atoms with van der Waals surface area (Å²) in [5.74, 6) is -3.06. The standard InChI is InChI=1S/C25H20N2O7S/c28-20(16-8-10-19(11-9-16)34-25(32)21-7-4-12-35-21)15-33-24(31)18-13-22(29)27(14-18)26-23(30)17-5-2-1-3-6-17/h1-12,18H,13-15H2,(H,26,30)/t18-/m0/s1. The van der Waals surface area contributed by atoms with Crippen LogP contribution in [0.2, 0.25) is 0 Å². The Morgan fingerprint density at radius 3 is 2.37 bits per heavy atom. The Morgan fingerprint density at radius 1 is 0.943 bits per heavy atom. The molecular formula is C25H20N2O7S. The number of Topliss-reactive ketones (excluding diaryl/α,β-unsaturated/α-hetero) is 1. The maximum atomic E-state index is 12.4. The monoisotopic (exact) mass is 492 g/mol. The Morgan fingerprint density at radius 2 is 1.69 bits per heavy atom. The van der Waals surface area contributed by atoms with Crippen LogP contribution in [0.15, 0.2) is 72.1 Å². The van der Waals surface area contributed by atoms with E-state index in [4.69, 9.17) is 9.47 Å². The number of nitrogens with zero attached hydrogens (tertiary/aromatic N) is 1. The third kappa shape index (κ3) is 5.98. The number of esters is 2. The normalized spacial score (nSPS) is 14.9. The van der Waals surface area contributed by atoms with E-state index in [2.05, 4.69) is 5.43 Å². The fraction of sp³-hybridized carbons (Fsp3) is 0.160. The summed E-state index contributed by atoms with van der Waals surface area (Å²) in [6, 6.07) is 17.6. The minimum Gasteiger partial charge on any atom is -0.457 e. The highest BCUT2D eigenvalue weighted by Crippen LogP contribution is 2.19. The third-order valence-electron chi connectivity index (χ3n) is 5.19. The van der Waals surface area contributed by atoms with Crippen LogP contribution in [0.1, 0.15) is 36.8 Å². The first-order chi connectivity index (χ1) is 16.9. The minimum atomic E-state index is -0.801. The van der Waals surface area contributed by atoms with E-state index in [1.165, 1.54) is 35.6 Å². The predicted octanol–water partition coefficient (Wildman–Crippen LogP) is 2.89. The Balaban J connectivity index is 1.25. The molecule has 2 amide bonds. The molecule has 1 aromatic heterocycles. The molecule has 0 radical (unpaired) electrons. The number of hydrazine groups is 1. The van der Waals surface area contributed by atoms with Crippen LogP contribution in [0, 0.1) is 5.92 Å². The van der Waals surface area contributed by atoms with Crippen LogP contribution < -0.4 is 10.2 Å². The number of hydrogen-bond acceptors (Lipinski definition) is 8. The van der Waals surface area contributed by atoms with E-state index < -0.39 is 42.1 Å². The van der Waals surface area contributed by atoms with E-state index in [0.717, 1.165) is 5.01 Å². The van der Waals surface area contributed by atoms with Crippen LogP contribution in [-0.4, -0.2) is 47.7 Å². The second-order valence-electron chi connectivity index (χ2n) is 7.63. The van der Waals surface area contributed by atoms with Gasteiger partial charge in [-0.25, -0.2) is 4.79 Å². The van der Waals surface area contributed by atoms with Gasteiger partial charge in [0.15, 0.2) is 12.4 Å². The molecule has 178 valence electrons. The van der Waals surface area contributed by atoms with Gasteiger partial charge < -0.3 is 9.47 Å². The average Bonchev–Trinajstić information content (AvgIpc) is 3.54. The number of thiophene rings is 1. The molecule has 1 fully saturated rings. The summed E-state index contributed by atoms with van der Waals surface area (Å²) in [7, 11) is 0. The SMILES string of the molecule is O=C(COC(=O)[C@H]1CC(=O)N(NC(=O)c2ccccc2)C1)c1ccc(OC(=O)c2cccs2)cc1. The van der Waals surface area contributed by atoms with Crippen molar-refractivity contribution in [1.29, 1.82) is 0 Å². The summed E-state index contributed by atoms with van der Waals surface area (Å²) in [5.41, 5.74) is 3.13. The summed E-state index contributed by atoms with van der Waals surface area (Å²) >= 11 is 1.26. The molecule has 1 atom stereocenters. The molecule has 2 heterocycles. The van der Waals surface area contributed by atoms with Gasteiger partial charge in [-0.15, -0.1) is 11.3 Å².